The summed E-state index contributed by atoms with van der Waals surface area (Å²) in [7, 11) is 0. The predicted molar refractivity (Wildman–Crippen MR) is 55.3 cm³/mol. The van der Waals surface area contributed by atoms with E-state index in [1.807, 2.05) is 6.92 Å². The molecular weight excluding hydrogens is 192 g/mol. The number of carbonyl (C=O) groups excluding carboxylic acids is 1. The fraction of sp³-hybridized carbons (Fsp3) is 0.750. The van der Waals surface area contributed by atoms with Crippen LogP contribution < -0.4 is 5.73 Å². The summed E-state index contributed by atoms with van der Waals surface area (Å²) >= 11 is 0. The van der Waals surface area contributed by atoms with E-state index < -0.39 is 0 Å². The summed E-state index contributed by atoms with van der Waals surface area (Å²) < 4.78 is 4.69. The molecule has 4 nitrogen and oxygen atoms in total. The zero-order valence-electron chi connectivity index (χ0n) is 8.08. The molecule has 5 heteroatoms. The number of nitrogens with zero attached hydrogens (tertiary/aromatic N) is 1. The molecule has 13 heavy (non-hydrogen) atoms. The summed E-state index contributed by atoms with van der Waals surface area (Å²) in [6.07, 6.45) is 1.04. The molecule has 78 valence electrons. The van der Waals surface area contributed by atoms with Crippen molar-refractivity contribution >= 4 is 24.2 Å². The van der Waals surface area contributed by atoms with Gasteiger partial charge in [-0.2, -0.15) is 0 Å². The van der Waals surface area contributed by atoms with Crippen molar-refractivity contribution in [1.82, 2.24) is 0 Å². The van der Waals surface area contributed by atoms with Gasteiger partial charge < -0.3 is 10.5 Å². The minimum atomic E-state index is -0.310. The van der Waals surface area contributed by atoms with Gasteiger partial charge >= 0.3 is 5.97 Å². The molecule has 0 amide bonds. The first-order chi connectivity index (χ1) is 5.70. The Hall–Kier alpha value is -0.770. The van der Waals surface area contributed by atoms with Crippen LogP contribution in [-0.2, 0) is 9.53 Å². The molecule has 0 heterocycles. The van der Waals surface area contributed by atoms with Crippen LogP contribution >= 0.6 is 12.4 Å². The van der Waals surface area contributed by atoms with Gasteiger partial charge in [0.05, 0.1) is 6.61 Å². The topological polar surface area (TPSA) is 64.7 Å². The minimum Gasteiger partial charge on any atom is -0.466 e. The smallest absolute Gasteiger partial charge is 0.313 e. The van der Waals surface area contributed by atoms with E-state index in [9.17, 15) is 4.79 Å². The first-order valence-corrected chi connectivity index (χ1v) is 4.15. The van der Waals surface area contributed by atoms with Crippen LogP contribution in [0.4, 0.5) is 0 Å². The Balaban J connectivity index is 0. The average Bonchev–Trinajstić information content (AvgIpc) is 2.01. The first-order valence-electron chi connectivity index (χ1n) is 4.15. The van der Waals surface area contributed by atoms with Gasteiger partial charge in [0, 0.05) is 6.54 Å². The lowest BCUT2D eigenvalue weighted by atomic mass is 10.4. The highest BCUT2D eigenvalue weighted by Gasteiger charge is 2.03. The van der Waals surface area contributed by atoms with Crippen LogP contribution in [0, 0.1) is 0 Å². The molecule has 0 saturated carbocycles. The fourth-order valence-corrected chi connectivity index (χ4v) is 0.671. The Kier molecular flexibility index (Phi) is 10.6. The molecule has 0 aliphatic heterocycles. The molecule has 2 N–H and O–H groups in total. The van der Waals surface area contributed by atoms with Gasteiger partial charge in [0.1, 0.15) is 12.3 Å². The molecule has 0 unspecified atom stereocenters. The molecule has 0 radical (unpaired) electrons. The van der Waals surface area contributed by atoms with Crippen LogP contribution in [-0.4, -0.2) is 25.0 Å². The monoisotopic (exact) mass is 208 g/mol. The van der Waals surface area contributed by atoms with E-state index in [1.54, 1.807) is 6.92 Å². The molecule has 0 rings (SSSR count). The molecule has 0 aliphatic rings. The third kappa shape index (κ3) is 9.14. The second-order valence-electron chi connectivity index (χ2n) is 2.35. The lowest BCUT2D eigenvalue weighted by molar-refractivity contribution is -0.141. The minimum absolute atomic E-state index is 0. The SMILES string of the molecule is CCCN=C(N)CC(=O)OCC.Cl. The number of hydrogen-bond acceptors (Lipinski definition) is 3. The van der Waals surface area contributed by atoms with Gasteiger partial charge in [0.2, 0.25) is 0 Å². The van der Waals surface area contributed by atoms with Crippen molar-refractivity contribution in [3.05, 3.63) is 0 Å². The van der Waals surface area contributed by atoms with Gasteiger partial charge in [-0.3, -0.25) is 9.79 Å². The quantitative estimate of drug-likeness (QED) is 0.419. The van der Waals surface area contributed by atoms with E-state index in [0.29, 0.717) is 19.0 Å². The highest BCUT2D eigenvalue weighted by molar-refractivity contribution is 5.96. The maximum absolute atomic E-state index is 10.8. The number of aliphatic imine (C=N–C) groups is 1. The average molecular weight is 209 g/mol. The standard InChI is InChI=1S/C8H16N2O2.ClH/c1-3-5-10-7(9)6-8(11)12-4-2;/h3-6H2,1-2H3,(H2,9,10);1H. The number of hydrogen-bond donors (Lipinski definition) is 1. The molecule has 0 aliphatic carbocycles. The van der Waals surface area contributed by atoms with Gasteiger partial charge in [-0.1, -0.05) is 6.92 Å². The number of ether oxygens (including phenoxy) is 1. The predicted octanol–water partition coefficient (Wildman–Crippen LogP) is 1.13. The maximum Gasteiger partial charge on any atom is 0.313 e. The molecular formula is C8H17ClN2O2. The van der Waals surface area contributed by atoms with Crippen LogP contribution in [0.2, 0.25) is 0 Å². The number of carbonyl (C=O) groups is 1. The third-order valence-corrected chi connectivity index (χ3v) is 1.17. The number of amidine groups is 1. The van der Waals surface area contributed by atoms with E-state index in [-0.39, 0.29) is 24.8 Å². The highest BCUT2D eigenvalue weighted by Crippen LogP contribution is 1.88. The normalized spacial score (nSPS) is 10.5. The van der Waals surface area contributed by atoms with Crippen molar-refractivity contribution < 1.29 is 9.53 Å². The summed E-state index contributed by atoms with van der Waals surface area (Å²) in [5, 5.41) is 0. The Labute approximate surface area is 85.0 Å². The Morgan fingerprint density at radius 2 is 2.08 bits per heavy atom. The molecule has 0 atom stereocenters. The molecule has 0 aromatic heterocycles. The van der Waals surface area contributed by atoms with Crippen LogP contribution in [0.5, 0.6) is 0 Å². The van der Waals surface area contributed by atoms with Gasteiger partial charge in [0.15, 0.2) is 0 Å². The van der Waals surface area contributed by atoms with Gasteiger partial charge in [-0.05, 0) is 13.3 Å². The van der Waals surface area contributed by atoms with E-state index in [4.69, 9.17) is 10.5 Å². The number of esters is 1. The molecule has 0 bridgehead atoms. The largest absolute Gasteiger partial charge is 0.466 e. The Morgan fingerprint density at radius 1 is 1.46 bits per heavy atom. The molecule has 0 fully saturated rings. The van der Waals surface area contributed by atoms with E-state index in [0.717, 1.165) is 6.42 Å². The summed E-state index contributed by atoms with van der Waals surface area (Å²) in [5.74, 6) is 0.0464. The van der Waals surface area contributed by atoms with Crippen LogP contribution in [0.25, 0.3) is 0 Å². The number of halogens is 1. The zero-order valence-corrected chi connectivity index (χ0v) is 8.89. The van der Waals surface area contributed by atoms with Crippen LogP contribution in [0.15, 0.2) is 4.99 Å². The Bertz CT molecular complexity index is 172. The van der Waals surface area contributed by atoms with Crippen LogP contribution in [0.3, 0.4) is 0 Å². The van der Waals surface area contributed by atoms with Crippen molar-refractivity contribution in [2.45, 2.75) is 26.7 Å². The van der Waals surface area contributed by atoms with Crippen molar-refractivity contribution in [3.8, 4) is 0 Å². The van der Waals surface area contributed by atoms with Gasteiger partial charge in [0.25, 0.3) is 0 Å². The summed E-state index contributed by atoms with van der Waals surface area (Å²) in [4.78, 5) is 14.8. The number of nitrogens with two attached hydrogens (primary N) is 1. The van der Waals surface area contributed by atoms with Gasteiger partial charge in [-0.25, -0.2) is 0 Å². The summed E-state index contributed by atoms with van der Waals surface area (Å²) in [6.45, 7) is 4.82. The van der Waals surface area contributed by atoms with E-state index in [2.05, 4.69) is 4.99 Å². The highest BCUT2D eigenvalue weighted by atomic mass is 35.5. The lowest BCUT2D eigenvalue weighted by Crippen LogP contribution is -2.19. The van der Waals surface area contributed by atoms with Gasteiger partial charge in [-0.15, -0.1) is 12.4 Å². The molecule has 0 spiro atoms. The lowest BCUT2D eigenvalue weighted by Gasteiger charge is -2.00. The van der Waals surface area contributed by atoms with E-state index >= 15 is 0 Å². The first kappa shape index (κ1) is 14.7. The van der Waals surface area contributed by atoms with E-state index in [1.165, 1.54) is 0 Å². The second-order valence-corrected chi connectivity index (χ2v) is 2.35. The number of rotatable bonds is 5. The molecule has 0 aromatic carbocycles. The van der Waals surface area contributed by atoms with Crippen molar-refractivity contribution in [1.29, 1.82) is 0 Å². The third-order valence-electron chi connectivity index (χ3n) is 1.17. The molecule has 0 aromatic rings. The molecule has 0 saturated heterocycles. The van der Waals surface area contributed by atoms with Crippen molar-refractivity contribution in [2.75, 3.05) is 13.2 Å². The van der Waals surface area contributed by atoms with Crippen molar-refractivity contribution in [3.63, 3.8) is 0 Å². The summed E-state index contributed by atoms with van der Waals surface area (Å²) in [5.41, 5.74) is 5.44. The fourth-order valence-electron chi connectivity index (χ4n) is 0.671. The maximum atomic E-state index is 10.8. The van der Waals surface area contributed by atoms with Crippen molar-refractivity contribution in [2.24, 2.45) is 10.7 Å². The Morgan fingerprint density at radius 3 is 2.54 bits per heavy atom. The zero-order chi connectivity index (χ0) is 9.40. The second kappa shape index (κ2) is 9.32. The van der Waals surface area contributed by atoms with Crippen LogP contribution in [0.1, 0.15) is 26.7 Å². The summed E-state index contributed by atoms with van der Waals surface area (Å²) in [6, 6.07) is 0.